The van der Waals surface area contributed by atoms with E-state index in [9.17, 15) is 4.79 Å². The van der Waals surface area contributed by atoms with Crippen LogP contribution in [-0.4, -0.2) is 89.9 Å². The molecule has 3 heterocycles. The van der Waals surface area contributed by atoms with Gasteiger partial charge in [-0.25, -0.2) is 4.63 Å². The minimum atomic E-state index is 0.0855. The fourth-order valence-electron chi connectivity index (χ4n) is 3.92. The number of carbonyl (C=O) groups is 1. The topological polar surface area (TPSA) is 74.9 Å². The highest BCUT2D eigenvalue weighted by Gasteiger charge is 2.28. The number of aromatic nitrogens is 2. The Labute approximate surface area is 159 Å². The molecule has 1 atom stereocenters. The molecule has 0 radical (unpaired) electrons. The first-order valence-corrected chi connectivity index (χ1v) is 9.69. The Hall–Kier alpha value is -2.03. The SMILES string of the molecule is CN1CCCN(C(=O)CC2COCCN2Cc2cccc3nonc23)CC1. The number of nitrogens with zero attached hydrogens (tertiary/aromatic N) is 5. The molecule has 2 fully saturated rings. The van der Waals surface area contributed by atoms with Crippen LogP contribution >= 0.6 is 0 Å². The van der Waals surface area contributed by atoms with Crippen molar-refractivity contribution in [2.45, 2.75) is 25.4 Å². The molecule has 2 aliphatic rings. The van der Waals surface area contributed by atoms with Gasteiger partial charge in [-0.2, -0.15) is 0 Å². The van der Waals surface area contributed by atoms with Gasteiger partial charge < -0.3 is 14.5 Å². The summed E-state index contributed by atoms with van der Waals surface area (Å²) in [7, 11) is 2.12. The maximum Gasteiger partial charge on any atom is 0.224 e. The Bertz CT molecular complexity index is 780. The molecule has 4 rings (SSSR count). The van der Waals surface area contributed by atoms with Crippen molar-refractivity contribution in [3.05, 3.63) is 23.8 Å². The standard InChI is InChI=1S/C19H27N5O3/c1-22-6-3-7-23(9-8-22)18(25)12-16-14-26-11-10-24(16)13-15-4-2-5-17-19(15)21-27-20-17/h2,4-5,16H,3,6-14H2,1H3. The molecule has 8 nitrogen and oxygen atoms in total. The van der Waals surface area contributed by atoms with Crippen LogP contribution in [-0.2, 0) is 16.1 Å². The highest BCUT2D eigenvalue weighted by atomic mass is 16.6. The van der Waals surface area contributed by atoms with E-state index in [-0.39, 0.29) is 11.9 Å². The van der Waals surface area contributed by atoms with Gasteiger partial charge in [0.2, 0.25) is 5.91 Å². The second kappa shape index (κ2) is 8.33. The van der Waals surface area contributed by atoms with Gasteiger partial charge in [0.15, 0.2) is 0 Å². The smallest absolute Gasteiger partial charge is 0.224 e. The molecule has 27 heavy (non-hydrogen) atoms. The second-order valence-corrected chi connectivity index (χ2v) is 7.49. The zero-order chi connectivity index (χ0) is 18.6. The Kier molecular flexibility index (Phi) is 5.66. The predicted molar refractivity (Wildman–Crippen MR) is 100 cm³/mol. The van der Waals surface area contributed by atoms with E-state index in [0.29, 0.717) is 19.6 Å². The number of hydrogen-bond acceptors (Lipinski definition) is 7. The number of carbonyl (C=O) groups excluding carboxylic acids is 1. The Morgan fingerprint density at radius 2 is 2.11 bits per heavy atom. The third-order valence-corrected chi connectivity index (χ3v) is 5.57. The van der Waals surface area contributed by atoms with Crippen LogP contribution in [0.3, 0.4) is 0 Å². The number of benzene rings is 1. The van der Waals surface area contributed by atoms with Crippen LogP contribution in [0.4, 0.5) is 0 Å². The lowest BCUT2D eigenvalue weighted by Crippen LogP contribution is -2.48. The zero-order valence-electron chi connectivity index (χ0n) is 15.8. The van der Waals surface area contributed by atoms with Crippen LogP contribution in [0.25, 0.3) is 11.0 Å². The molecule has 0 N–H and O–H groups in total. The van der Waals surface area contributed by atoms with E-state index < -0.39 is 0 Å². The lowest BCUT2D eigenvalue weighted by atomic mass is 10.1. The third-order valence-electron chi connectivity index (χ3n) is 5.57. The van der Waals surface area contributed by atoms with Gasteiger partial charge in [0, 0.05) is 45.2 Å². The summed E-state index contributed by atoms with van der Waals surface area (Å²) in [5.74, 6) is 0.229. The maximum absolute atomic E-state index is 12.9. The first-order chi connectivity index (χ1) is 13.2. The van der Waals surface area contributed by atoms with Gasteiger partial charge in [-0.05, 0) is 42.0 Å². The lowest BCUT2D eigenvalue weighted by molar-refractivity contribution is -0.134. The molecule has 146 valence electrons. The quantitative estimate of drug-likeness (QED) is 0.791. The molecule has 0 spiro atoms. The summed E-state index contributed by atoms with van der Waals surface area (Å²) in [6.07, 6.45) is 1.53. The van der Waals surface area contributed by atoms with Crippen molar-refractivity contribution in [1.29, 1.82) is 0 Å². The summed E-state index contributed by atoms with van der Waals surface area (Å²) in [5, 5.41) is 7.96. The molecule has 0 aliphatic carbocycles. The van der Waals surface area contributed by atoms with Gasteiger partial charge >= 0.3 is 0 Å². The van der Waals surface area contributed by atoms with Crippen LogP contribution < -0.4 is 0 Å². The van der Waals surface area contributed by atoms with Crippen LogP contribution in [0.15, 0.2) is 22.8 Å². The van der Waals surface area contributed by atoms with E-state index >= 15 is 0 Å². The van der Waals surface area contributed by atoms with Crippen molar-refractivity contribution >= 4 is 16.9 Å². The van der Waals surface area contributed by atoms with Crippen molar-refractivity contribution in [1.82, 2.24) is 25.0 Å². The highest BCUT2D eigenvalue weighted by molar-refractivity contribution is 5.77. The van der Waals surface area contributed by atoms with Crippen LogP contribution in [0.5, 0.6) is 0 Å². The average molecular weight is 373 g/mol. The van der Waals surface area contributed by atoms with E-state index in [4.69, 9.17) is 9.37 Å². The Morgan fingerprint density at radius 3 is 3.04 bits per heavy atom. The van der Waals surface area contributed by atoms with Crippen molar-refractivity contribution < 1.29 is 14.2 Å². The van der Waals surface area contributed by atoms with Crippen LogP contribution in [0.2, 0.25) is 0 Å². The van der Waals surface area contributed by atoms with Crippen molar-refractivity contribution in [2.75, 3.05) is 53.0 Å². The predicted octanol–water partition coefficient (Wildman–Crippen LogP) is 0.978. The van der Waals surface area contributed by atoms with Crippen molar-refractivity contribution in [2.24, 2.45) is 0 Å². The van der Waals surface area contributed by atoms with Crippen molar-refractivity contribution in [3.8, 4) is 0 Å². The molecule has 1 aromatic heterocycles. The molecule has 2 saturated heterocycles. The van der Waals surface area contributed by atoms with E-state index in [0.717, 1.165) is 62.3 Å². The number of likely N-dealkylation sites (N-methyl/N-ethyl adjacent to an activating group) is 1. The summed E-state index contributed by atoms with van der Waals surface area (Å²) in [6.45, 7) is 6.46. The monoisotopic (exact) mass is 373 g/mol. The number of fused-ring (bicyclic) bond motifs is 1. The van der Waals surface area contributed by atoms with Gasteiger partial charge in [0.25, 0.3) is 0 Å². The summed E-state index contributed by atoms with van der Waals surface area (Å²) in [5.41, 5.74) is 2.64. The van der Waals surface area contributed by atoms with Crippen LogP contribution in [0.1, 0.15) is 18.4 Å². The summed E-state index contributed by atoms with van der Waals surface area (Å²) >= 11 is 0. The number of morpholine rings is 1. The molecule has 1 aromatic carbocycles. The van der Waals surface area contributed by atoms with Gasteiger partial charge in [0.05, 0.1) is 13.2 Å². The van der Waals surface area contributed by atoms with Crippen LogP contribution in [0, 0.1) is 0 Å². The fourth-order valence-corrected chi connectivity index (χ4v) is 3.92. The molecule has 1 amide bonds. The normalized spacial score (nSPS) is 22.9. The minimum Gasteiger partial charge on any atom is -0.378 e. The van der Waals surface area contributed by atoms with Crippen molar-refractivity contribution in [3.63, 3.8) is 0 Å². The van der Waals surface area contributed by atoms with E-state index in [2.05, 4.69) is 27.2 Å². The first-order valence-electron chi connectivity index (χ1n) is 9.69. The van der Waals surface area contributed by atoms with Gasteiger partial charge in [-0.15, -0.1) is 0 Å². The average Bonchev–Trinajstić information content (AvgIpc) is 3.05. The molecule has 0 saturated carbocycles. The Balaban J connectivity index is 1.43. The highest BCUT2D eigenvalue weighted by Crippen LogP contribution is 2.21. The molecular formula is C19H27N5O3. The Morgan fingerprint density at radius 1 is 1.19 bits per heavy atom. The van der Waals surface area contributed by atoms with E-state index in [1.165, 1.54) is 0 Å². The fraction of sp³-hybridized carbons (Fsp3) is 0.632. The van der Waals surface area contributed by atoms with Gasteiger partial charge in [-0.1, -0.05) is 12.1 Å². The number of hydrogen-bond donors (Lipinski definition) is 0. The van der Waals surface area contributed by atoms with Gasteiger partial charge in [0.1, 0.15) is 11.0 Å². The van der Waals surface area contributed by atoms with E-state index in [1.54, 1.807) is 0 Å². The zero-order valence-corrected chi connectivity index (χ0v) is 15.8. The first kappa shape index (κ1) is 18.3. The summed E-state index contributed by atoms with van der Waals surface area (Å²) < 4.78 is 10.6. The minimum absolute atomic E-state index is 0.0855. The molecule has 2 aliphatic heterocycles. The largest absolute Gasteiger partial charge is 0.378 e. The summed E-state index contributed by atoms with van der Waals surface area (Å²) in [4.78, 5) is 19.5. The molecule has 0 bridgehead atoms. The molecule has 1 unspecified atom stereocenters. The number of rotatable bonds is 4. The van der Waals surface area contributed by atoms with E-state index in [1.807, 2.05) is 23.1 Å². The maximum atomic E-state index is 12.9. The summed E-state index contributed by atoms with van der Waals surface area (Å²) in [6, 6.07) is 6.00. The number of amides is 1. The molecular weight excluding hydrogens is 346 g/mol. The third kappa shape index (κ3) is 4.28. The lowest BCUT2D eigenvalue weighted by Gasteiger charge is -2.36. The second-order valence-electron chi connectivity index (χ2n) is 7.49. The molecule has 2 aromatic rings. The molecule has 8 heteroatoms. The number of ether oxygens (including phenoxy) is 1. The van der Waals surface area contributed by atoms with Gasteiger partial charge in [-0.3, -0.25) is 9.69 Å².